The predicted octanol–water partition coefficient (Wildman–Crippen LogP) is 3.10. The molecule has 2 nitrogen and oxygen atoms in total. The lowest BCUT2D eigenvalue weighted by Gasteiger charge is -2.23. The van der Waals surface area contributed by atoms with E-state index < -0.39 is 0 Å². The molecule has 0 radical (unpaired) electrons. The van der Waals surface area contributed by atoms with E-state index in [0.29, 0.717) is 12.1 Å². The predicted molar refractivity (Wildman–Crippen MR) is 78.0 cm³/mol. The second-order valence-electron chi connectivity index (χ2n) is 5.63. The van der Waals surface area contributed by atoms with Crippen molar-refractivity contribution >= 4 is 0 Å². The van der Waals surface area contributed by atoms with Crippen molar-refractivity contribution in [1.82, 2.24) is 10.6 Å². The molecule has 0 aliphatic carbocycles. The van der Waals surface area contributed by atoms with Crippen LogP contribution in [0, 0.1) is 13.8 Å². The fourth-order valence-electron chi connectivity index (χ4n) is 2.94. The molecule has 2 heteroatoms. The van der Waals surface area contributed by atoms with Crippen molar-refractivity contribution in [3.05, 3.63) is 34.9 Å². The van der Waals surface area contributed by atoms with Gasteiger partial charge in [0.05, 0.1) is 0 Å². The summed E-state index contributed by atoms with van der Waals surface area (Å²) in [4.78, 5) is 0. The van der Waals surface area contributed by atoms with E-state index >= 15 is 0 Å². The van der Waals surface area contributed by atoms with Gasteiger partial charge in [-0.1, -0.05) is 23.8 Å². The van der Waals surface area contributed by atoms with Gasteiger partial charge in [0.25, 0.3) is 0 Å². The maximum Gasteiger partial charge on any atom is 0.0296 e. The van der Waals surface area contributed by atoms with E-state index in [9.17, 15) is 0 Å². The summed E-state index contributed by atoms with van der Waals surface area (Å²) in [5.74, 6) is 0. The highest BCUT2D eigenvalue weighted by Crippen LogP contribution is 2.20. The molecule has 1 aliphatic rings. The van der Waals surface area contributed by atoms with Crippen LogP contribution in [-0.4, -0.2) is 19.1 Å². The minimum Gasteiger partial charge on any atom is -0.317 e. The van der Waals surface area contributed by atoms with Crippen molar-refractivity contribution < 1.29 is 0 Å². The zero-order valence-electron chi connectivity index (χ0n) is 11.9. The summed E-state index contributed by atoms with van der Waals surface area (Å²) < 4.78 is 0. The van der Waals surface area contributed by atoms with E-state index in [-0.39, 0.29) is 0 Å². The third-order valence-electron chi connectivity index (χ3n) is 3.95. The lowest BCUT2D eigenvalue weighted by atomic mass is 9.98. The highest BCUT2D eigenvalue weighted by Gasteiger charge is 2.16. The monoisotopic (exact) mass is 246 g/mol. The van der Waals surface area contributed by atoms with Crippen molar-refractivity contribution in [2.45, 2.75) is 52.1 Å². The minimum atomic E-state index is 0.452. The highest BCUT2D eigenvalue weighted by atomic mass is 15.0. The Labute approximate surface area is 111 Å². The summed E-state index contributed by atoms with van der Waals surface area (Å²) in [7, 11) is 0. The Balaban J connectivity index is 1.99. The molecule has 0 spiro atoms. The van der Waals surface area contributed by atoms with Crippen molar-refractivity contribution in [3.8, 4) is 0 Å². The third-order valence-corrected chi connectivity index (χ3v) is 3.95. The van der Waals surface area contributed by atoms with E-state index in [1.54, 1.807) is 0 Å². The van der Waals surface area contributed by atoms with Crippen LogP contribution in [0.25, 0.3) is 0 Å². The molecule has 2 N–H and O–H groups in total. The first kappa shape index (κ1) is 13.6. The second-order valence-corrected chi connectivity index (χ2v) is 5.63. The van der Waals surface area contributed by atoms with Crippen LogP contribution in [0.1, 0.15) is 48.9 Å². The average molecular weight is 246 g/mol. The largest absolute Gasteiger partial charge is 0.317 e. The van der Waals surface area contributed by atoms with Crippen LogP contribution < -0.4 is 10.6 Å². The lowest BCUT2D eigenvalue weighted by Crippen LogP contribution is -2.32. The zero-order chi connectivity index (χ0) is 13.0. The lowest BCUT2D eigenvalue weighted by molar-refractivity contribution is 0.420. The molecule has 0 bridgehead atoms. The summed E-state index contributed by atoms with van der Waals surface area (Å²) in [5, 5.41) is 7.26. The van der Waals surface area contributed by atoms with Crippen LogP contribution in [0.4, 0.5) is 0 Å². The highest BCUT2D eigenvalue weighted by molar-refractivity contribution is 5.32. The van der Waals surface area contributed by atoms with Gasteiger partial charge in [-0.05, 0) is 64.3 Å². The van der Waals surface area contributed by atoms with Gasteiger partial charge in [-0.3, -0.25) is 0 Å². The number of hydrogen-bond acceptors (Lipinski definition) is 2. The van der Waals surface area contributed by atoms with Crippen LogP contribution in [0.15, 0.2) is 18.2 Å². The van der Waals surface area contributed by atoms with Crippen LogP contribution in [0.3, 0.4) is 0 Å². The topological polar surface area (TPSA) is 24.1 Å². The summed E-state index contributed by atoms with van der Waals surface area (Å²) in [6.07, 6.45) is 3.83. The van der Waals surface area contributed by atoms with Crippen LogP contribution in [0.5, 0.6) is 0 Å². The molecule has 1 heterocycles. The first-order valence-electron chi connectivity index (χ1n) is 7.21. The molecule has 1 fully saturated rings. The van der Waals surface area contributed by atoms with Gasteiger partial charge in [0.1, 0.15) is 0 Å². The number of rotatable bonds is 3. The van der Waals surface area contributed by atoms with E-state index in [1.165, 1.54) is 42.5 Å². The molecule has 1 saturated heterocycles. The van der Waals surface area contributed by atoms with Crippen molar-refractivity contribution in [3.63, 3.8) is 0 Å². The van der Waals surface area contributed by atoms with E-state index in [4.69, 9.17) is 0 Å². The second kappa shape index (κ2) is 6.35. The van der Waals surface area contributed by atoms with Gasteiger partial charge in [0.15, 0.2) is 0 Å². The zero-order valence-corrected chi connectivity index (χ0v) is 11.9. The molecule has 0 aromatic heterocycles. The first-order chi connectivity index (χ1) is 8.66. The summed E-state index contributed by atoms with van der Waals surface area (Å²) in [5.41, 5.74) is 4.20. The minimum absolute atomic E-state index is 0.452. The van der Waals surface area contributed by atoms with Gasteiger partial charge < -0.3 is 10.6 Å². The first-order valence-corrected chi connectivity index (χ1v) is 7.21. The molecule has 100 valence electrons. The Kier molecular flexibility index (Phi) is 4.79. The molecule has 0 amide bonds. The molecule has 1 aromatic rings. The Morgan fingerprint density at radius 1 is 1.22 bits per heavy atom. The van der Waals surface area contributed by atoms with Gasteiger partial charge >= 0.3 is 0 Å². The molecule has 1 aliphatic heterocycles. The number of hydrogen-bond donors (Lipinski definition) is 2. The maximum atomic E-state index is 3.80. The Bertz CT molecular complexity index is 379. The Hall–Kier alpha value is -0.860. The van der Waals surface area contributed by atoms with Crippen LogP contribution in [0.2, 0.25) is 0 Å². The van der Waals surface area contributed by atoms with Gasteiger partial charge in [-0.2, -0.15) is 0 Å². The summed E-state index contributed by atoms with van der Waals surface area (Å²) >= 11 is 0. The number of aryl methyl sites for hydroxylation is 2. The van der Waals surface area contributed by atoms with Gasteiger partial charge in [-0.25, -0.2) is 0 Å². The smallest absolute Gasteiger partial charge is 0.0296 e. The SMILES string of the molecule is Cc1ccc(C(C)NC2CCCNCC2)c(C)c1. The van der Waals surface area contributed by atoms with Gasteiger partial charge in [-0.15, -0.1) is 0 Å². The molecule has 2 atom stereocenters. The van der Waals surface area contributed by atoms with E-state index in [1.807, 2.05) is 0 Å². The Morgan fingerprint density at radius 3 is 2.83 bits per heavy atom. The standard InChI is InChI=1S/C16H26N2/c1-12-6-7-16(13(2)11-12)14(3)18-15-5-4-9-17-10-8-15/h6-7,11,14-15,17-18H,4-5,8-10H2,1-3H3. The number of nitrogens with one attached hydrogen (secondary N) is 2. The summed E-state index contributed by atoms with van der Waals surface area (Å²) in [6, 6.07) is 7.89. The number of benzene rings is 1. The fourth-order valence-corrected chi connectivity index (χ4v) is 2.94. The molecule has 2 unspecified atom stereocenters. The van der Waals surface area contributed by atoms with E-state index in [0.717, 1.165) is 6.54 Å². The van der Waals surface area contributed by atoms with Gasteiger partial charge in [0.2, 0.25) is 0 Å². The maximum absolute atomic E-state index is 3.80. The van der Waals surface area contributed by atoms with E-state index in [2.05, 4.69) is 49.6 Å². The summed E-state index contributed by atoms with van der Waals surface area (Å²) in [6.45, 7) is 8.99. The van der Waals surface area contributed by atoms with Crippen molar-refractivity contribution in [2.75, 3.05) is 13.1 Å². The van der Waals surface area contributed by atoms with Crippen molar-refractivity contribution in [1.29, 1.82) is 0 Å². The van der Waals surface area contributed by atoms with Gasteiger partial charge in [0, 0.05) is 12.1 Å². The Morgan fingerprint density at radius 2 is 2.06 bits per heavy atom. The molecular formula is C16H26N2. The molecule has 0 saturated carbocycles. The third kappa shape index (κ3) is 3.56. The molecular weight excluding hydrogens is 220 g/mol. The normalized spacial score (nSPS) is 22.5. The molecule has 18 heavy (non-hydrogen) atoms. The molecule has 2 rings (SSSR count). The quantitative estimate of drug-likeness (QED) is 0.856. The average Bonchev–Trinajstić information content (AvgIpc) is 2.57. The fraction of sp³-hybridized carbons (Fsp3) is 0.625. The van der Waals surface area contributed by atoms with Crippen molar-refractivity contribution in [2.24, 2.45) is 0 Å². The van der Waals surface area contributed by atoms with Crippen LogP contribution in [-0.2, 0) is 0 Å². The van der Waals surface area contributed by atoms with Crippen LogP contribution >= 0.6 is 0 Å². The molecule has 1 aromatic carbocycles.